The van der Waals surface area contributed by atoms with Gasteiger partial charge in [0.15, 0.2) is 0 Å². The summed E-state index contributed by atoms with van der Waals surface area (Å²) in [6, 6.07) is 0. The Morgan fingerprint density at radius 2 is 1.00 bits per heavy atom. The van der Waals surface area contributed by atoms with Crippen LogP contribution in [-0.4, -0.2) is 43.4 Å². The first kappa shape index (κ1) is 22.9. The first-order chi connectivity index (χ1) is 11.0. The van der Waals surface area contributed by atoms with Gasteiger partial charge in [-0.2, -0.15) is 0 Å². The summed E-state index contributed by atoms with van der Waals surface area (Å²) >= 11 is 0. The normalized spacial score (nSPS) is 13.4. The highest BCUT2D eigenvalue weighted by Crippen LogP contribution is 2.14. The van der Waals surface area contributed by atoms with Crippen molar-refractivity contribution in [2.24, 2.45) is 0 Å². The van der Waals surface area contributed by atoms with Gasteiger partial charge in [-0.05, 0) is 25.7 Å². The Morgan fingerprint density at radius 3 is 1.43 bits per heavy atom. The van der Waals surface area contributed by atoms with Crippen LogP contribution in [0.2, 0.25) is 0 Å². The first-order valence-electron chi connectivity index (χ1n) is 10.4. The molecule has 140 valence electrons. The number of hydrogen-bond acceptors (Lipinski definition) is 1. The van der Waals surface area contributed by atoms with Crippen LogP contribution in [0.1, 0.15) is 103 Å². The zero-order valence-corrected chi connectivity index (χ0v) is 16.8. The molecule has 0 radical (unpaired) electrons. The largest absolute Gasteiger partial charge is 0.393 e. The summed E-state index contributed by atoms with van der Waals surface area (Å²) in [5.41, 5.74) is 0. The summed E-state index contributed by atoms with van der Waals surface area (Å²) in [4.78, 5) is 0. The highest BCUT2D eigenvalue weighted by Gasteiger charge is 2.06. The van der Waals surface area contributed by atoms with Crippen molar-refractivity contribution in [3.63, 3.8) is 0 Å². The molecule has 0 aliphatic heterocycles. The maximum Gasteiger partial charge on any atom is 0.0780 e. The molecule has 0 rings (SSSR count). The third-order valence-electron chi connectivity index (χ3n) is 4.76. The summed E-state index contributed by atoms with van der Waals surface area (Å²) < 4.78 is 1.07. The van der Waals surface area contributed by atoms with E-state index in [2.05, 4.69) is 28.1 Å². The van der Waals surface area contributed by atoms with Gasteiger partial charge in [0.05, 0.1) is 33.8 Å². The van der Waals surface area contributed by atoms with Gasteiger partial charge in [0.2, 0.25) is 0 Å². The molecular weight excluding hydrogens is 282 g/mol. The fourth-order valence-corrected chi connectivity index (χ4v) is 3.15. The minimum absolute atomic E-state index is 0.0436. The molecule has 0 saturated carbocycles. The lowest BCUT2D eigenvalue weighted by Crippen LogP contribution is -2.35. The van der Waals surface area contributed by atoms with Gasteiger partial charge >= 0.3 is 0 Å². The number of quaternary nitrogens is 1. The van der Waals surface area contributed by atoms with E-state index < -0.39 is 0 Å². The molecule has 1 N–H and O–H groups in total. The fourth-order valence-electron chi connectivity index (χ4n) is 3.15. The minimum Gasteiger partial charge on any atom is -0.393 e. The van der Waals surface area contributed by atoms with Crippen molar-refractivity contribution in [3.05, 3.63) is 0 Å². The summed E-state index contributed by atoms with van der Waals surface area (Å²) in [5, 5.41) is 10.0. The third kappa shape index (κ3) is 19.9. The van der Waals surface area contributed by atoms with E-state index in [-0.39, 0.29) is 6.10 Å². The molecule has 0 aromatic carbocycles. The predicted octanol–water partition coefficient (Wildman–Crippen LogP) is 5.92. The zero-order chi connectivity index (χ0) is 17.4. The van der Waals surface area contributed by atoms with Crippen molar-refractivity contribution in [2.75, 3.05) is 27.7 Å². The van der Waals surface area contributed by atoms with Crippen LogP contribution in [0.5, 0.6) is 0 Å². The molecule has 23 heavy (non-hydrogen) atoms. The molecule has 0 spiro atoms. The van der Waals surface area contributed by atoms with Crippen LogP contribution in [0.15, 0.2) is 0 Å². The highest BCUT2D eigenvalue weighted by atomic mass is 16.3. The summed E-state index contributed by atoms with van der Waals surface area (Å²) in [7, 11) is 6.78. The minimum atomic E-state index is -0.0436. The Kier molecular flexibility index (Phi) is 15.4. The van der Waals surface area contributed by atoms with Crippen LogP contribution in [0.3, 0.4) is 0 Å². The van der Waals surface area contributed by atoms with Gasteiger partial charge in [0.25, 0.3) is 0 Å². The summed E-state index contributed by atoms with van der Waals surface area (Å²) in [6.07, 6.45) is 19.4. The van der Waals surface area contributed by atoms with E-state index in [0.29, 0.717) is 0 Å². The van der Waals surface area contributed by atoms with Crippen LogP contribution < -0.4 is 0 Å². The lowest BCUT2D eigenvalue weighted by atomic mass is 10.0. The molecule has 0 aromatic rings. The number of aliphatic hydroxyl groups excluding tert-OH is 1. The van der Waals surface area contributed by atoms with E-state index in [4.69, 9.17) is 0 Å². The molecule has 0 aliphatic rings. The lowest BCUT2D eigenvalue weighted by Gasteiger charge is -2.23. The number of aliphatic hydroxyl groups is 1. The third-order valence-corrected chi connectivity index (χ3v) is 4.76. The second-order valence-corrected chi connectivity index (χ2v) is 8.49. The second-order valence-electron chi connectivity index (χ2n) is 8.49. The molecule has 0 fully saturated rings. The number of hydrogen-bond donors (Lipinski definition) is 1. The molecule has 0 aromatic heterocycles. The molecule has 2 nitrogen and oxygen atoms in total. The summed E-state index contributed by atoms with van der Waals surface area (Å²) in [6.45, 7) is 3.54. The lowest BCUT2D eigenvalue weighted by molar-refractivity contribution is -0.870. The van der Waals surface area contributed by atoms with Gasteiger partial charge in [0.1, 0.15) is 0 Å². The highest BCUT2D eigenvalue weighted by molar-refractivity contribution is 4.57. The number of unbranched alkanes of at least 4 members (excludes halogenated alkanes) is 11. The van der Waals surface area contributed by atoms with Gasteiger partial charge in [-0.1, -0.05) is 77.6 Å². The molecular formula is C21H46NO+. The maximum absolute atomic E-state index is 10.0. The molecule has 1 unspecified atom stereocenters. The SMILES string of the molecule is CCCCCCCCCCCC(O)CCCCCC[N+](C)(C)C. The molecule has 0 aliphatic carbocycles. The van der Waals surface area contributed by atoms with E-state index in [1.54, 1.807) is 0 Å². The van der Waals surface area contributed by atoms with Crippen LogP contribution in [0.4, 0.5) is 0 Å². The smallest absolute Gasteiger partial charge is 0.0780 e. The van der Waals surface area contributed by atoms with Crippen LogP contribution >= 0.6 is 0 Å². The summed E-state index contributed by atoms with van der Waals surface area (Å²) in [5.74, 6) is 0. The Morgan fingerprint density at radius 1 is 0.609 bits per heavy atom. The molecule has 0 saturated heterocycles. The first-order valence-corrected chi connectivity index (χ1v) is 10.4. The molecule has 2 heteroatoms. The Bertz CT molecular complexity index is 234. The Balaban J connectivity index is 3.20. The van der Waals surface area contributed by atoms with Gasteiger partial charge in [0, 0.05) is 0 Å². The fraction of sp³-hybridized carbons (Fsp3) is 1.00. The van der Waals surface area contributed by atoms with Gasteiger partial charge in [-0.3, -0.25) is 0 Å². The van der Waals surface area contributed by atoms with E-state index in [9.17, 15) is 5.11 Å². The monoisotopic (exact) mass is 328 g/mol. The van der Waals surface area contributed by atoms with Crippen molar-refractivity contribution in [1.29, 1.82) is 0 Å². The van der Waals surface area contributed by atoms with Crippen molar-refractivity contribution in [1.82, 2.24) is 0 Å². The molecule has 0 bridgehead atoms. The average molecular weight is 329 g/mol. The number of nitrogens with zero attached hydrogens (tertiary/aromatic N) is 1. The van der Waals surface area contributed by atoms with Crippen molar-refractivity contribution in [3.8, 4) is 0 Å². The second kappa shape index (κ2) is 15.4. The molecule has 0 amide bonds. The predicted molar refractivity (Wildman–Crippen MR) is 104 cm³/mol. The Hall–Kier alpha value is -0.0800. The standard InChI is InChI=1S/C21H46NO/c1-5-6-7-8-9-10-11-12-15-18-21(23)19-16-13-14-17-20-22(2,3)4/h21,23H,5-20H2,1-4H3/q+1. The zero-order valence-electron chi connectivity index (χ0n) is 16.8. The Labute approximate surface area is 147 Å². The van der Waals surface area contributed by atoms with Crippen LogP contribution in [0, 0.1) is 0 Å². The van der Waals surface area contributed by atoms with Crippen molar-refractivity contribution >= 4 is 0 Å². The topological polar surface area (TPSA) is 20.2 Å². The van der Waals surface area contributed by atoms with E-state index in [1.165, 1.54) is 90.0 Å². The van der Waals surface area contributed by atoms with Crippen molar-refractivity contribution < 1.29 is 9.59 Å². The van der Waals surface area contributed by atoms with E-state index in [1.807, 2.05) is 0 Å². The quantitative estimate of drug-likeness (QED) is 0.259. The van der Waals surface area contributed by atoms with Gasteiger partial charge < -0.3 is 9.59 Å². The van der Waals surface area contributed by atoms with Crippen molar-refractivity contribution in [2.45, 2.75) is 109 Å². The van der Waals surface area contributed by atoms with Gasteiger partial charge in [-0.25, -0.2) is 0 Å². The van der Waals surface area contributed by atoms with Crippen LogP contribution in [0.25, 0.3) is 0 Å². The van der Waals surface area contributed by atoms with Crippen LogP contribution in [-0.2, 0) is 0 Å². The number of rotatable bonds is 17. The molecule has 0 heterocycles. The van der Waals surface area contributed by atoms with E-state index in [0.717, 1.165) is 17.3 Å². The maximum atomic E-state index is 10.0. The molecule has 1 atom stereocenters. The van der Waals surface area contributed by atoms with Gasteiger partial charge in [-0.15, -0.1) is 0 Å². The van der Waals surface area contributed by atoms with E-state index >= 15 is 0 Å². The average Bonchev–Trinajstić information content (AvgIpc) is 2.48.